The van der Waals surface area contributed by atoms with Gasteiger partial charge in [0.1, 0.15) is 11.4 Å². The summed E-state index contributed by atoms with van der Waals surface area (Å²) in [5, 5.41) is 3.32. The predicted octanol–water partition coefficient (Wildman–Crippen LogP) is 3.93. The Hall–Kier alpha value is -2.67. The molecule has 0 saturated heterocycles. The summed E-state index contributed by atoms with van der Waals surface area (Å²) in [7, 11) is 0. The molecular formula is C21H28N2O5. The Kier molecular flexibility index (Phi) is 6.46. The van der Waals surface area contributed by atoms with Gasteiger partial charge in [0.15, 0.2) is 11.5 Å². The number of benzene rings is 1. The van der Waals surface area contributed by atoms with Crippen LogP contribution in [0.15, 0.2) is 41.0 Å². The molecule has 152 valence electrons. The molecule has 1 amide bonds. The third kappa shape index (κ3) is 5.92. The number of carbonyl (C=O) groups excluding carboxylic acids is 1. The van der Waals surface area contributed by atoms with E-state index in [-0.39, 0.29) is 12.9 Å². The number of hydrogen-bond donors (Lipinski definition) is 1. The topological polar surface area (TPSA) is 73.2 Å². The van der Waals surface area contributed by atoms with E-state index in [0.29, 0.717) is 25.4 Å². The van der Waals surface area contributed by atoms with Gasteiger partial charge in [-0.1, -0.05) is 6.07 Å². The van der Waals surface area contributed by atoms with Crippen molar-refractivity contribution >= 4 is 6.09 Å². The second-order valence-electron chi connectivity index (χ2n) is 7.70. The Morgan fingerprint density at radius 1 is 1.21 bits per heavy atom. The molecule has 1 N–H and O–H groups in total. The van der Waals surface area contributed by atoms with Gasteiger partial charge in [-0.2, -0.15) is 0 Å². The lowest BCUT2D eigenvalue weighted by Crippen LogP contribution is -2.37. The fourth-order valence-electron chi connectivity index (χ4n) is 2.84. The van der Waals surface area contributed by atoms with Crippen molar-refractivity contribution in [1.29, 1.82) is 0 Å². The molecule has 3 rings (SSSR count). The van der Waals surface area contributed by atoms with Crippen LogP contribution in [-0.4, -0.2) is 36.5 Å². The zero-order chi connectivity index (χ0) is 20.0. The maximum atomic E-state index is 12.7. The minimum Gasteiger partial charge on any atom is -0.468 e. The van der Waals surface area contributed by atoms with Gasteiger partial charge < -0.3 is 28.8 Å². The van der Waals surface area contributed by atoms with Gasteiger partial charge >= 0.3 is 6.09 Å². The SMILES string of the molecule is CC(C)(C)OC(=O)N(CCCNCc1ccco1)Cc1ccc2c(c1)OCO2. The Balaban J connectivity index is 1.55. The Labute approximate surface area is 165 Å². The summed E-state index contributed by atoms with van der Waals surface area (Å²) in [6, 6.07) is 9.52. The van der Waals surface area contributed by atoms with Crippen molar-refractivity contribution in [2.75, 3.05) is 19.9 Å². The minimum atomic E-state index is -0.540. The van der Waals surface area contributed by atoms with Crippen molar-refractivity contribution < 1.29 is 23.4 Å². The van der Waals surface area contributed by atoms with Crippen molar-refractivity contribution in [2.24, 2.45) is 0 Å². The second-order valence-corrected chi connectivity index (χ2v) is 7.70. The van der Waals surface area contributed by atoms with Crippen LogP contribution in [0.2, 0.25) is 0 Å². The van der Waals surface area contributed by atoms with Gasteiger partial charge in [-0.05, 0) is 63.6 Å². The first-order chi connectivity index (χ1) is 13.4. The number of furan rings is 1. The van der Waals surface area contributed by atoms with E-state index < -0.39 is 5.60 Å². The first-order valence-corrected chi connectivity index (χ1v) is 9.50. The molecule has 28 heavy (non-hydrogen) atoms. The summed E-state index contributed by atoms with van der Waals surface area (Å²) in [6.45, 7) is 8.30. The quantitative estimate of drug-likeness (QED) is 0.691. The van der Waals surface area contributed by atoms with Crippen molar-refractivity contribution in [3.63, 3.8) is 0 Å². The molecule has 0 radical (unpaired) electrons. The van der Waals surface area contributed by atoms with E-state index in [4.69, 9.17) is 18.6 Å². The highest BCUT2D eigenvalue weighted by Gasteiger charge is 2.23. The zero-order valence-electron chi connectivity index (χ0n) is 16.7. The second kappa shape index (κ2) is 9.01. The number of ether oxygens (including phenoxy) is 3. The Bertz CT molecular complexity index is 768. The number of carbonyl (C=O) groups is 1. The highest BCUT2D eigenvalue weighted by Crippen LogP contribution is 2.32. The molecule has 2 aromatic rings. The standard InChI is InChI=1S/C21H28N2O5/c1-21(2,3)28-20(24)23(10-5-9-22-13-17-6-4-11-25-17)14-16-7-8-18-19(12-16)27-15-26-18/h4,6-8,11-12,22H,5,9-10,13-15H2,1-3H3. The molecule has 0 aliphatic carbocycles. The zero-order valence-corrected chi connectivity index (χ0v) is 16.7. The average molecular weight is 388 g/mol. The summed E-state index contributed by atoms with van der Waals surface area (Å²) in [5.74, 6) is 2.33. The summed E-state index contributed by atoms with van der Waals surface area (Å²) >= 11 is 0. The molecule has 7 nitrogen and oxygen atoms in total. The fourth-order valence-corrected chi connectivity index (χ4v) is 2.84. The molecule has 0 atom stereocenters. The smallest absolute Gasteiger partial charge is 0.410 e. The third-order valence-electron chi connectivity index (χ3n) is 4.12. The van der Waals surface area contributed by atoms with Crippen molar-refractivity contribution in [3.8, 4) is 11.5 Å². The van der Waals surface area contributed by atoms with Gasteiger partial charge in [0.25, 0.3) is 0 Å². The van der Waals surface area contributed by atoms with E-state index in [1.165, 1.54) is 0 Å². The van der Waals surface area contributed by atoms with E-state index in [1.807, 2.05) is 51.1 Å². The molecule has 1 aromatic heterocycles. The molecule has 0 unspecified atom stereocenters. The fraction of sp³-hybridized carbons (Fsp3) is 0.476. The van der Waals surface area contributed by atoms with Gasteiger partial charge in [-0.15, -0.1) is 0 Å². The van der Waals surface area contributed by atoms with Gasteiger partial charge in [-0.3, -0.25) is 0 Å². The van der Waals surface area contributed by atoms with Crippen LogP contribution in [0.4, 0.5) is 4.79 Å². The molecule has 2 heterocycles. The lowest BCUT2D eigenvalue weighted by Gasteiger charge is -2.27. The third-order valence-corrected chi connectivity index (χ3v) is 4.12. The van der Waals surface area contributed by atoms with Crippen LogP contribution in [0, 0.1) is 0 Å². The largest absolute Gasteiger partial charge is 0.468 e. The molecule has 7 heteroatoms. The van der Waals surface area contributed by atoms with Crippen LogP contribution in [0.25, 0.3) is 0 Å². The van der Waals surface area contributed by atoms with Crippen LogP contribution in [0.5, 0.6) is 11.5 Å². The first kappa shape index (κ1) is 20.1. The van der Waals surface area contributed by atoms with Gasteiger partial charge in [0, 0.05) is 13.1 Å². The summed E-state index contributed by atoms with van der Waals surface area (Å²) in [5.41, 5.74) is 0.431. The molecule has 0 fully saturated rings. The highest BCUT2D eigenvalue weighted by molar-refractivity contribution is 5.68. The molecule has 1 aliphatic rings. The van der Waals surface area contributed by atoms with E-state index in [0.717, 1.165) is 30.0 Å². The van der Waals surface area contributed by atoms with Gasteiger partial charge in [0.05, 0.1) is 12.8 Å². The Morgan fingerprint density at radius 2 is 2.04 bits per heavy atom. The number of hydrogen-bond acceptors (Lipinski definition) is 6. The van der Waals surface area contributed by atoms with Gasteiger partial charge in [-0.25, -0.2) is 4.79 Å². The van der Waals surface area contributed by atoms with Crippen molar-refractivity contribution in [1.82, 2.24) is 10.2 Å². The van der Waals surface area contributed by atoms with Crippen LogP contribution < -0.4 is 14.8 Å². The lowest BCUT2D eigenvalue weighted by atomic mass is 10.2. The predicted molar refractivity (Wildman–Crippen MR) is 104 cm³/mol. The van der Waals surface area contributed by atoms with Crippen LogP contribution in [0.3, 0.4) is 0 Å². The van der Waals surface area contributed by atoms with E-state index in [1.54, 1.807) is 11.2 Å². The van der Waals surface area contributed by atoms with Crippen LogP contribution in [0.1, 0.15) is 38.5 Å². The van der Waals surface area contributed by atoms with E-state index in [9.17, 15) is 4.79 Å². The normalized spacial score (nSPS) is 12.8. The summed E-state index contributed by atoms with van der Waals surface area (Å²) in [4.78, 5) is 14.4. The molecule has 0 bridgehead atoms. The van der Waals surface area contributed by atoms with Crippen LogP contribution >= 0.6 is 0 Å². The number of rotatable bonds is 8. The molecule has 1 aliphatic heterocycles. The lowest BCUT2D eigenvalue weighted by molar-refractivity contribution is 0.0231. The molecule has 0 spiro atoms. The van der Waals surface area contributed by atoms with Crippen LogP contribution in [-0.2, 0) is 17.8 Å². The molecule has 0 saturated carbocycles. The van der Waals surface area contributed by atoms with Crippen molar-refractivity contribution in [3.05, 3.63) is 47.9 Å². The summed E-state index contributed by atoms with van der Waals surface area (Å²) < 4.78 is 21.7. The monoisotopic (exact) mass is 388 g/mol. The maximum Gasteiger partial charge on any atom is 0.410 e. The highest BCUT2D eigenvalue weighted by atomic mass is 16.7. The first-order valence-electron chi connectivity index (χ1n) is 9.50. The molecular weight excluding hydrogens is 360 g/mol. The molecule has 1 aromatic carbocycles. The van der Waals surface area contributed by atoms with Crippen molar-refractivity contribution in [2.45, 2.75) is 45.9 Å². The minimum absolute atomic E-state index is 0.232. The average Bonchev–Trinajstić information content (AvgIpc) is 3.30. The van der Waals surface area contributed by atoms with Gasteiger partial charge in [0.2, 0.25) is 6.79 Å². The summed E-state index contributed by atoms with van der Waals surface area (Å²) in [6.07, 6.45) is 2.13. The number of fused-ring (bicyclic) bond motifs is 1. The maximum absolute atomic E-state index is 12.7. The number of nitrogens with one attached hydrogen (secondary N) is 1. The Morgan fingerprint density at radius 3 is 2.79 bits per heavy atom. The number of nitrogens with zero attached hydrogens (tertiary/aromatic N) is 1. The number of amides is 1. The van der Waals surface area contributed by atoms with E-state index >= 15 is 0 Å². The van der Waals surface area contributed by atoms with E-state index in [2.05, 4.69) is 5.32 Å².